The predicted molar refractivity (Wildman–Crippen MR) is 80.2 cm³/mol. The molecule has 0 radical (unpaired) electrons. The van der Waals surface area contributed by atoms with Gasteiger partial charge in [-0.25, -0.2) is 4.79 Å². The Morgan fingerprint density at radius 2 is 2.16 bits per heavy atom. The van der Waals surface area contributed by atoms with Crippen molar-refractivity contribution >= 4 is 28.0 Å². The van der Waals surface area contributed by atoms with E-state index in [1.807, 2.05) is 18.2 Å². The highest BCUT2D eigenvalue weighted by atomic mass is 79.9. The van der Waals surface area contributed by atoms with Crippen molar-refractivity contribution in [2.75, 3.05) is 13.2 Å². The zero-order valence-corrected chi connectivity index (χ0v) is 12.9. The summed E-state index contributed by atoms with van der Waals surface area (Å²) >= 11 is 3.46. The standard InChI is InChI=1S/C15H19BrO3/c1-3-5-10-19-13-8-6-12(14(16)11-13)7-9-15(17)18-4-2/h6-9,11H,3-5,10H2,1-2H3/b9-7+. The first kappa shape index (κ1) is 15.8. The van der Waals surface area contributed by atoms with E-state index in [0.717, 1.165) is 35.2 Å². The molecule has 0 saturated heterocycles. The molecule has 1 rings (SSSR count). The molecule has 1 aromatic carbocycles. The molecule has 1 aromatic rings. The van der Waals surface area contributed by atoms with E-state index in [2.05, 4.69) is 22.9 Å². The molecule has 0 aliphatic heterocycles. The lowest BCUT2D eigenvalue weighted by Crippen LogP contribution is -1.99. The van der Waals surface area contributed by atoms with Crippen molar-refractivity contribution in [1.82, 2.24) is 0 Å². The third kappa shape index (κ3) is 5.92. The number of rotatable bonds is 7. The topological polar surface area (TPSA) is 35.5 Å². The summed E-state index contributed by atoms with van der Waals surface area (Å²) in [4.78, 5) is 11.2. The molecule has 0 aliphatic rings. The van der Waals surface area contributed by atoms with Crippen LogP contribution in [0.4, 0.5) is 0 Å². The monoisotopic (exact) mass is 326 g/mol. The van der Waals surface area contributed by atoms with E-state index >= 15 is 0 Å². The summed E-state index contributed by atoms with van der Waals surface area (Å²) in [6, 6.07) is 5.70. The molecule has 0 spiro atoms. The third-order valence-corrected chi connectivity index (χ3v) is 3.11. The van der Waals surface area contributed by atoms with Crippen LogP contribution in [0.15, 0.2) is 28.7 Å². The Balaban J connectivity index is 2.64. The van der Waals surface area contributed by atoms with Gasteiger partial charge < -0.3 is 9.47 Å². The zero-order chi connectivity index (χ0) is 14.1. The lowest BCUT2D eigenvalue weighted by molar-refractivity contribution is -0.137. The Bertz CT molecular complexity index is 441. The Morgan fingerprint density at radius 1 is 1.37 bits per heavy atom. The normalized spacial score (nSPS) is 10.7. The number of carbonyl (C=O) groups is 1. The highest BCUT2D eigenvalue weighted by Gasteiger charge is 2.01. The van der Waals surface area contributed by atoms with Crippen molar-refractivity contribution in [3.63, 3.8) is 0 Å². The fraction of sp³-hybridized carbons (Fsp3) is 0.400. The van der Waals surface area contributed by atoms with Crippen LogP contribution in [0.1, 0.15) is 32.3 Å². The van der Waals surface area contributed by atoms with E-state index in [-0.39, 0.29) is 5.97 Å². The molecule has 4 heteroatoms. The summed E-state index contributed by atoms with van der Waals surface area (Å²) in [5.41, 5.74) is 0.913. The van der Waals surface area contributed by atoms with Gasteiger partial charge in [-0.1, -0.05) is 35.3 Å². The van der Waals surface area contributed by atoms with Gasteiger partial charge in [0, 0.05) is 10.5 Å². The largest absolute Gasteiger partial charge is 0.494 e. The zero-order valence-electron chi connectivity index (χ0n) is 11.3. The number of hydrogen-bond donors (Lipinski definition) is 0. The first-order chi connectivity index (χ1) is 9.17. The van der Waals surface area contributed by atoms with Gasteiger partial charge in [-0.15, -0.1) is 0 Å². The number of hydrogen-bond acceptors (Lipinski definition) is 3. The van der Waals surface area contributed by atoms with E-state index in [1.54, 1.807) is 13.0 Å². The smallest absolute Gasteiger partial charge is 0.330 e. The number of unbranched alkanes of at least 4 members (excludes halogenated alkanes) is 1. The van der Waals surface area contributed by atoms with E-state index in [4.69, 9.17) is 9.47 Å². The van der Waals surface area contributed by atoms with Crippen molar-refractivity contribution < 1.29 is 14.3 Å². The molecule has 0 bridgehead atoms. The van der Waals surface area contributed by atoms with Gasteiger partial charge in [-0.3, -0.25) is 0 Å². The Morgan fingerprint density at radius 3 is 2.79 bits per heavy atom. The molecule has 0 heterocycles. The van der Waals surface area contributed by atoms with Gasteiger partial charge >= 0.3 is 5.97 Å². The van der Waals surface area contributed by atoms with Crippen LogP contribution < -0.4 is 4.74 Å². The molecule has 0 aromatic heterocycles. The van der Waals surface area contributed by atoms with E-state index in [0.29, 0.717) is 6.61 Å². The SMILES string of the molecule is CCCCOc1ccc(/C=C/C(=O)OCC)c(Br)c1. The molecule has 0 atom stereocenters. The van der Waals surface area contributed by atoms with Gasteiger partial charge in [0.2, 0.25) is 0 Å². The summed E-state index contributed by atoms with van der Waals surface area (Å²) in [5, 5.41) is 0. The quantitative estimate of drug-likeness (QED) is 0.428. The maximum Gasteiger partial charge on any atom is 0.330 e. The van der Waals surface area contributed by atoms with E-state index in [1.165, 1.54) is 6.08 Å². The van der Waals surface area contributed by atoms with Crippen LogP contribution in [0.5, 0.6) is 5.75 Å². The van der Waals surface area contributed by atoms with Crippen LogP contribution in [-0.2, 0) is 9.53 Å². The Kier molecular flexibility index (Phi) is 7.26. The van der Waals surface area contributed by atoms with Crippen molar-refractivity contribution in [2.24, 2.45) is 0 Å². The number of esters is 1. The minimum absolute atomic E-state index is 0.335. The summed E-state index contributed by atoms with van der Waals surface area (Å²) < 4.78 is 11.3. The second kappa shape index (κ2) is 8.75. The minimum atomic E-state index is -0.335. The molecule has 19 heavy (non-hydrogen) atoms. The second-order valence-corrected chi connectivity index (χ2v) is 4.83. The number of carbonyl (C=O) groups excluding carboxylic acids is 1. The molecule has 0 fully saturated rings. The van der Waals surface area contributed by atoms with Crippen LogP contribution >= 0.6 is 15.9 Å². The Labute approximate surface area is 122 Å². The summed E-state index contributed by atoms with van der Waals surface area (Å²) in [5.74, 6) is 0.492. The van der Waals surface area contributed by atoms with Crippen LogP contribution in [0.25, 0.3) is 6.08 Å². The average molecular weight is 327 g/mol. The first-order valence-electron chi connectivity index (χ1n) is 6.44. The number of benzene rings is 1. The maximum absolute atomic E-state index is 11.2. The molecular weight excluding hydrogens is 308 g/mol. The number of ether oxygens (including phenoxy) is 2. The molecular formula is C15H19BrO3. The molecule has 0 amide bonds. The summed E-state index contributed by atoms with van der Waals surface area (Å²) in [6.07, 6.45) is 5.29. The molecule has 0 aliphatic carbocycles. The summed E-state index contributed by atoms with van der Waals surface area (Å²) in [7, 11) is 0. The summed E-state index contributed by atoms with van der Waals surface area (Å²) in [6.45, 7) is 5.02. The minimum Gasteiger partial charge on any atom is -0.494 e. The highest BCUT2D eigenvalue weighted by molar-refractivity contribution is 9.10. The van der Waals surface area contributed by atoms with Gasteiger partial charge in [0.05, 0.1) is 13.2 Å². The van der Waals surface area contributed by atoms with Crippen LogP contribution in [-0.4, -0.2) is 19.2 Å². The van der Waals surface area contributed by atoms with Crippen LogP contribution in [0.2, 0.25) is 0 Å². The first-order valence-corrected chi connectivity index (χ1v) is 7.23. The van der Waals surface area contributed by atoms with Gasteiger partial charge in [-0.2, -0.15) is 0 Å². The fourth-order valence-electron chi connectivity index (χ4n) is 1.42. The van der Waals surface area contributed by atoms with Crippen molar-refractivity contribution in [3.8, 4) is 5.75 Å². The maximum atomic E-state index is 11.2. The van der Waals surface area contributed by atoms with Crippen LogP contribution in [0, 0.1) is 0 Å². The molecule has 3 nitrogen and oxygen atoms in total. The molecule has 0 saturated carbocycles. The fourth-order valence-corrected chi connectivity index (χ4v) is 1.91. The van der Waals surface area contributed by atoms with Gasteiger partial charge in [0.15, 0.2) is 0 Å². The van der Waals surface area contributed by atoms with Crippen molar-refractivity contribution in [1.29, 1.82) is 0 Å². The lowest BCUT2D eigenvalue weighted by atomic mass is 10.2. The van der Waals surface area contributed by atoms with Crippen molar-refractivity contribution in [3.05, 3.63) is 34.3 Å². The average Bonchev–Trinajstić information content (AvgIpc) is 2.38. The molecule has 0 unspecified atom stereocenters. The van der Waals surface area contributed by atoms with Gasteiger partial charge in [0.25, 0.3) is 0 Å². The van der Waals surface area contributed by atoms with Crippen LogP contribution in [0.3, 0.4) is 0 Å². The van der Waals surface area contributed by atoms with E-state index in [9.17, 15) is 4.79 Å². The van der Waals surface area contributed by atoms with Crippen molar-refractivity contribution in [2.45, 2.75) is 26.7 Å². The predicted octanol–water partition coefficient (Wildman–Crippen LogP) is 4.20. The van der Waals surface area contributed by atoms with E-state index < -0.39 is 0 Å². The lowest BCUT2D eigenvalue weighted by Gasteiger charge is -2.07. The highest BCUT2D eigenvalue weighted by Crippen LogP contribution is 2.24. The Hall–Kier alpha value is -1.29. The second-order valence-electron chi connectivity index (χ2n) is 3.97. The van der Waals surface area contributed by atoms with Gasteiger partial charge in [-0.05, 0) is 37.1 Å². The number of halogens is 1. The molecule has 104 valence electrons. The molecule has 0 N–H and O–H groups in total. The van der Waals surface area contributed by atoms with Gasteiger partial charge in [0.1, 0.15) is 5.75 Å². The third-order valence-electron chi connectivity index (χ3n) is 2.42.